The van der Waals surface area contributed by atoms with E-state index in [4.69, 9.17) is 0 Å². The Hall–Kier alpha value is -4.30. The Morgan fingerprint density at radius 1 is 0.500 bits per heavy atom. The third kappa shape index (κ3) is 3.40. The second kappa shape index (κ2) is 8.63. The quantitative estimate of drug-likeness (QED) is 0.231. The highest BCUT2D eigenvalue weighted by Gasteiger charge is 2.15. The maximum Gasteiger partial charge on any atom is 0.0541 e. The van der Waals surface area contributed by atoms with Crippen LogP contribution < -0.4 is 0 Å². The summed E-state index contributed by atoms with van der Waals surface area (Å²) in [6.07, 6.45) is 1.05. The molecule has 0 aliphatic heterocycles. The van der Waals surface area contributed by atoms with Gasteiger partial charge in [0.25, 0.3) is 0 Å². The molecule has 7 aromatic rings. The highest BCUT2D eigenvalue weighted by atomic mass is 15.0. The van der Waals surface area contributed by atoms with Crippen molar-refractivity contribution < 1.29 is 0 Å². The zero-order valence-corrected chi connectivity index (χ0v) is 22.5. The van der Waals surface area contributed by atoms with Gasteiger partial charge in [-0.3, -0.25) is 0 Å². The van der Waals surface area contributed by atoms with E-state index in [0.29, 0.717) is 0 Å². The Kier molecular flexibility index (Phi) is 5.19. The van der Waals surface area contributed by atoms with Crippen LogP contribution in [0.5, 0.6) is 0 Å². The third-order valence-corrected chi connectivity index (χ3v) is 8.19. The summed E-state index contributed by atoms with van der Waals surface area (Å²) >= 11 is 0. The van der Waals surface area contributed by atoms with E-state index in [1.807, 2.05) is 0 Å². The molecular formula is C36H32N2. The lowest BCUT2D eigenvalue weighted by Gasteiger charge is -2.09. The molecule has 0 aliphatic carbocycles. The molecule has 0 saturated carbocycles. The number of hydrogen-bond acceptors (Lipinski definition) is 0. The first-order valence-corrected chi connectivity index (χ1v) is 13.7. The molecule has 2 heterocycles. The molecule has 0 saturated heterocycles. The first-order valence-electron chi connectivity index (χ1n) is 13.7. The van der Waals surface area contributed by atoms with Crippen molar-refractivity contribution in [1.29, 1.82) is 0 Å². The van der Waals surface area contributed by atoms with Crippen LogP contribution in [0.1, 0.15) is 30.5 Å². The second-order valence-electron chi connectivity index (χ2n) is 10.6. The van der Waals surface area contributed by atoms with E-state index in [1.54, 1.807) is 0 Å². The standard InChI is InChI=1S/C36H32N2/c1-5-25-9-13-28(14-10-25)38-35-16-8-24(4)20-30(35)32-22-27(12-18-36(32)38)26-11-17-34-31(21-26)29-19-23(3)7-15-33(29)37(34)6-2/h7-22H,5-6H2,1-4H3. The van der Waals surface area contributed by atoms with Gasteiger partial charge in [0, 0.05) is 44.8 Å². The van der Waals surface area contributed by atoms with Gasteiger partial charge in [-0.2, -0.15) is 0 Å². The largest absolute Gasteiger partial charge is 0.341 e. The monoisotopic (exact) mass is 492 g/mol. The van der Waals surface area contributed by atoms with Gasteiger partial charge in [0.1, 0.15) is 0 Å². The molecule has 0 amide bonds. The van der Waals surface area contributed by atoms with Crippen molar-refractivity contribution >= 4 is 43.6 Å². The van der Waals surface area contributed by atoms with Gasteiger partial charge in [-0.25, -0.2) is 0 Å². The fraction of sp³-hybridized carbons (Fsp3) is 0.167. The van der Waals surface area contributed by atoms with Crippen molar-refractivity contribution in [2.45, 2.75) is 40.7 Å². The molecule has 0 N–H and O–H groups in total. The van der Waals surface area contributed by atoms with E-state index in [2.05, 4.69) is 134 Å². The number of benzene rings is 5. The van der Waals surface area contributed by atoms with E-state index in [9.17, 15) is 0 Å². The molecule has 0 aliphatic rings. The summed E-state index contributed by atoms with van der Waals surface area (Å²) in [6.45, 7) is 9.76. The first-order chi connectivity index (χ1) is 18.6. The van der Waals surface area contributed by atoms with Gasteiger partial charge in [0.05, 0.1) is 11.0 Å². The fourth-order valence-corrected chi connectivity index (χ4v) is 6.21. The smallest absolute Gasteiger partial charge is 0.0541 e. The lowest BCUT2D eigenvalue weighted by Crippen LogP contribution is -1.94. The molecule has 38 heavy (non-hydrogen) atoms. The third-order valence-electron chi connectivity index (χ3n) is 8.19. The van der Waals surface area contributed by atoms with Crippen LogP contribution in [0.4, 0.5) is 0 Å². The highest BCUT2D eigenvalue weighted by molar-refractivity contribution is 6.12. The Morgan fingerprint density at radius 3 is 1.55 bits per heavy atom. The number of nitrogens with zero attached hydrogens (tertiary/aromatic N) is 2. The second-order valence-corrected chi connectivity index (χ2v) is 10.6. The van der Waals surface area contributed by atoms with Gasteiger partial charge in [-0.1, -0.05) is 54.4 Å². The van der Waals surface area contributed by atoms with E-state index >= 15 is 0 Å². The van der Waals surface area contributed by atoms with Gasteiger partial charge in [-0.05, 0) is 105 Å². The summed E-state index contributed by atoms with van der Waals surface area (Å²) in [5.74, 6) is 0. The minimum Gasteiger partial charge on any atom is -0.341 e. The number of hydrogen-bond donors (Lipinski definition) is 0. The lowest BCUT2D eigenvalue weighted by molar-refractivity contribution is 0.827. The van der Waals surface area contributed by atoms with Crippen LogP contribution in [0.25, 0.3) is 60.4 Å². The zero-order chi connectivity index (χ0) is 26.0. The average Bonchev–Trinajstić information content (AvgIpc) is 3.43. The average molecular weight is 493 g/mol. The molecule has 186 valence electrons. The van der Waals surface area contributed by atoms with Crippen LogP contribution in [-0.4, -0.2) is 9.13 Å². The SMILES string of the molecule is CCc1ccc(-n2c3ccc(C)cc3c3cc(-c4ccc5c(c4)c4cc(C)ccc4n5CC)ccc32)cc1. The molecule has 2 heteroatoms. The van der Waals surface area contributed by atoms with E-state index < -0.39 is 0 Å². The van der Waals surface area contributed by atoms with Gasteiger partial charge in [-0.15, -0.1) is 0 Å². The van der Waals surface area contributed by atoms with Crippen molar-refractivity contribution in [3.63, 3.8) is 0 Å². The molecule has 0 atom stereocenters. The maximum atomic E-state index is 2.43. The van der Waals surface area contributed by atoms with Gasteiger partial charge < -0.3 is 9.13 Å². The predicted octanol–water partition coefficient (Wildman–Crippen LogP) is 9.76. The molecule has 2 aromatic heterocycles. The van der Waals surface area contributed by atoms with Gasteiger partial charge in [0.2, 0.25) is 0 Å². The molecule has 0 bridgehead atoms. The van der Waals surface area contributed by atoms with Crippen LogP contribution >= 0.6 is 0 Å². The zero-order valence-electron chi connectivity index (χ0n) is 22.5. The minimum atomic E-state index is 0.965. The van der Waals surface area contributed by atoms with Crippen LogP contribution in [0.2, 0.25) is 0 Å². The Labute approximate surface area is 223 Å². The summed E-state index contributed by atoms with van der Waals surface area (Å²) in [5, 5.41) is 5.28. The van der Waals surface area contributed by atoms with Crippen molar-refractivity contribution in [3.05, 3.63) is 114 Å². The highest BCUT2D eigenvalue weighted by Crippen LogP contribution is 2.37. The first kappa shape index (κ1) is 22.9. The van der Waals surface area contributed by atoms with Crippen molar-refractivity contribution in [2.75, 3.05) is 0 Å². The molecule has 7 rings (SSSR count). The molecule has 0 unspecified atom stereocenters. The molecular weight excluding hydrogens is 460 g/mol. The van der Waals surface area contributed by atoms with Crippen LogP contribution in [0.3, 0.4) is 0 Å². The van der Waals surface area contributed by atoms with Crippen LogP contribution in [0, 0.1) is 13.8 Å². The summed E-state index contributed by atoms with van der Waals surface area (Å²) in [7, 11) is 0. The van der Waals surface area contributed by atoms with Crippen molar-refractivity contribution in [1.82, 2.24) is 9.13 Å². The summed E-state index contributed by atoms with van der Waals surface area (Å²) in [6, 6.07) is 36.6. The molecule has 5 aromatic carbocycles. The molecule has 2 nitrogen and oxygen atoms in total. The Balaban J connectivity index is 1.46. The maximum absolute atomic E-state index is 2.43. The molecule has 0 spiro atoms. The number of rotatable bonds is 4. The van der Waals surface area contributed by atoms with Crippen molar-refractivity contribution in [2.24, 2.45) is 0 Å². The number of fused-ring (bicyclic) bond motifs is 6. The van der Waals surface area contributed by atoms with Crippen molar-refractivity contribution in [3.8, 4) is 16.8 Å². The van der Waals surface area contributed by atoms with E-state index in [0.717, 1.165) is 13.0 Å². The fourth-order valence-electron chi connectivity index (χ4n) is 6.21. The summed E-state index contributed by atoms with van der Waals surface area (Å²) in [4.78, 5) is 0. The van der Waals surface area contributed by atoms with Crippen LogP contribution in [0.15, 0.2) is 97.1 Å². The molecule has 0 fully saturated rings. The Morgan fingerprint density at radius 2 is 0.974 bits per heavy atom. The topological polar surface area (TPSA) is 9.86 Å². The normalized spacial score (nSPS) is 11.9. The summed E-state index contributed by atoms with van der Waals surface area (Å²) in [5.41, 5.74) is 12.8. The number of aryl methyl sites for hydroxylation is 4. The van der Waals surface area contributed by atoms with Crippen LogP contribution in [-0.2, 0) is 13.0 Å². The lowest BCUT2D eigenvalue weighted by atomic mass is 10.00. The Bertz CT molecular complexity index is 2000. The number of aromatic nitrogens is 2. The van der Waals surface area contributed by atoms with E-state index in [1.165, 1.54) is 77.1 Å². The van der Waals surface area contributed by atoms with Gasteiger partial charge in [0.15, 0.2) is 0 Å². The van der Waals surface area contributed by atoms with Gasteiger partial charge >= 0.3 is 0 Å². The predicted molar refractivity (Wildman–Crippen MR) is 164 cm³/mol. The van der Waals surface area contributed by atoms with E-state index in [-0.39, 0.29) is 0 Å². The summed E-state index contributed by atoms with van der Waals surface area (Å²) < 4.78 is 4.84. The minimum absolute atomic E-state index is 0.965. The molecule has 0 radical (unpaired) electrons.